The summed E-state index contributed by atoms with van der Waals surface area (Å²) in [4.78, 5) is 2.44. The average molecular weight is 315 g/mol. The van der Waals surface area contributed by atoms with E-state index in [4.69, 9.17) is 5.11 Å². The first kappa shape index (κ1) is 16.5. The van der Waals surface area contributed by atoms with E-state index in [-0.39, 0.29) is 11.5 Å². The summed E-state index contributed by atoms with van der Waals surface area (Å²) < 4.78 is 28.6. The van der Waals surface area contributed by atoms with E-state index < -0.39 is 10.0 Å². The van der Waals surface area contributed by atoms with E-state index in [0.717, 1.165) is 0 Å². The second-order valence-corrected chi connectivity index (χ2v) is 7.52. The second-order valence-electron chi connectivity index (χ2n) is 5.75. The molecule has 0 saturated heterocycles. The van der Waals surface area contributed by atoms with Crippen LogP contribution in [-0.4, -0.2) is 49.2 Å². The molecule has 120 valence electrons. The summed E-state index contributed by atoms with van der Waals surface area (Å²) >= 11 is 0. The van der Waals surface area contributed by atoms with Crippen molar-refractivity contribution in [3.63, 3.8) is 0 Å². The fraction of sp³-hybridized carbons (Fsp3) is 0.714. The molecule has 1 aromatic rings. The number of aromatic nitrogens is 1. The Bertz CT molecular complexity index is 562. The maximum Gasteiger partial charge on any atom is 0.242 e. The van der Waals surface area contributed by atoms with E-state index in [1.165, 1.54) is 37.9 Å². The van der Waals surface area contributed by atoms with Gasteiger partial charge < -0.3 is 14.6 Å². The number of rotatable bonds is 7. The van der Waals surface area contributed by atoms with Crippen LogP contribution in [0.4, 0.5) is 0 Å². The van der Waals surface area contributed by atoms with Gasteiger partial charge in [-0.15, -0.1) is 0 Å². The summed E-state index contributed by atoms with van der Waals surface area (Å²) in [6, 6.07) is 2.09. The van der Waals surface area contributed by atoms with E-state index in [0.29, 0.717) is 24.8 Å². The predicted molar refractivity (Wildman–Crippen MR) is 81.4 cm³/mol. The van der Waals surface area contributed by atoms with Crippen LogP contribution in [-0.2, 0) is 23.7 Å². The summed E-state index contributed by atoms with van der Waals surface area (Å²) in [6.07, 6.45) is 6.49. The molecule has 1 aromatic heterocycles. The van der Waals surface area contributed by atoms with E-state index in [9.17, 15) is 8.42 Å². The smallest absolute Gasteiger partial charge is 0.242 e. The Morgan fingerprint density at radius 1 is 1.43 bits per heavy atom. The van der Waals surface area contributed by atoms with Gasteiger partial charge in [0.2, 0.25) is 10.0 Å². The van der Waals surface area contributed by atoms with Gasteiger partial charge in [-0.1, -0.05) is 12.8 Å². The fourth-order valence-electron chi connectivity index (χ4n) is 2.85. The van der Waals surface area contributed by atoms with Gasteiger partial charge >= 0.3 is 0 Å². The summed E-state index contributed by atoms with van der Waals surface area (Å²) in [5.74, 6) is 0. The third-order valence-corrected chi connectivity index (χ3v) is 5.69. The van der Waals surface area contributed by atoms with Crippen LogP contribution in [0.15, 0.2) is 17.2 Å². The quantitative estimate of drug-likeness (QED) is 0.775. The Balaban J connectivity index is 1.88. The number of hydrogen-bond donors (Lipinski definition) is 2. The van der Waals surface area contributed by atoms with Crippen molar-refractivity contribution in [3.8, 4) is 0 Å². The van der Waals surface area contributed by atoms with Crippen LogP contribution >= 0.6 is 0 Å². The van der Waals surface area contributed by atoms with Crippen molar-refractivity contribution in [2.24, 2.45) is 7.05 Å². The van der Waals surface area contributed by atoms with Gasteiger partial charge in [-0.2, -0.15) is 0 Å². The van der Waals surface area contributed by atoms with Crippen molar-refractivity contribution in [1.29, 1.82) is 0 Å². The zero-order valence-corrected chi connectivity index (χ0v) is 13.6. The lowest BCUT2D eigenvalue weighted by Gasteiger charge is -2.23. The molecule has 21 heavy (non-hydrogen) atoms. The largest absolute Gasteiger partial charge is 0.390 e. The second kappa shape index (κ2) is 6.91. The van der Waals surface area contributed by atoms with E-state index in [1.807, 2.05) is 0 Å². The van der Waals surface area contributed by atoms with Crippen molar-refractivity contribution in [3.05, 3.63) is 18.0 Å². The van der Waals surface area contributed by atoms with Crippen LogP contribution < -0.4 is 4.72 Å². The summed E-state index contributed by atoms with van der Waals surface area (Å²) in [5.41, 5.74) is 0.582. The molecule has 1 fully saturated rings. The van der Waals surface area contributed by atoms with Crippen molar-refractivity contribution in [2.45, 2.75) is 43.2 Å². The van der Waals surface area contributed by atoms with Gasteiger partial charge in [0.05, 0.1) is 11.5 Å². The molecule has 6 nitrogen and oxygen atoms in total. The van der Waals surface area contributed by atoms with Gasteiger partial charge in [-0.25, -0.2) is 13.1 Å². The first-order chi connectivity index (χ1) is 9.94. The molecule has 2 rings (SSSR count). The molecule has 0 aliphatic heterocycles. The first-order valence-electron chi connectivity index (χ1n) is 7.40. The lowest BCUT2D eigenvalue weighted by atomic mass is 10.2. The van der Waals surface area contributed by atoms with Crippen LogP contribution in [0, 0.1) is 0 Å². The molecule has 0 aromatic carbocycles. The molecule has 0 unspecified atom stereocenters. The molecule has 0 amide bonds. The molecule has 1 heterocycles. The Kier molecular flexibility index (Phi) is 5.43. The van der Waals surface area contributed by atoms with Crippen LogP contribution in [0.3, 0.4) is 0 Å². The van der Waals surface area contributed by atoms with Gasteiger partial charge in [0.25, 0.3) is 0 Å². The van der Waals surface area contributed by atoms with Gasteiger partial charge in [0.1, 0.15) is 0 Å². The minimum atomic E-state index is -3.50. The van der Waals surface area contributed by atoms with Crippen LogP contribution in [0.25, 0.3) is 0 Å². The lowest BCUT2D eigenvalue weighted by Crippen LogP contribution is -2.37. The van der Waals surface area contributed by atoms with Crippen LogP contribution in [0.1, 0.15) is 31.4 Å². The first-order valence-corrected chi connectivity index (χ1v) is 8.88. The Morgan fingerprint density at radius 2 is 2.10 bits per heavy atom. The monoisotopic (exact) mass is 315 g/mol. The molecule has 0 radical (unpaired) electrons. The van der Waals surface area contributed by atoms with Crippen LogP contribution in [0.5, 0.6) is 0 Å². The predicted octanol–water partition coefficient (Wildman–Crippen LogP) is 0.670. The highest BCUT2D eigenvalue weighted by Crippen LogP contribution is 2.22. The van der Waals surface area contributed by atoms with Gasteiger partial charge in [0.15, 0.2) is 0 Å². The average Bonchev–Trinajstić information content (AvgIpc) is 3.07. The highest BCUT2D eigenvalue weighted by Gasteiger charge is 2.21. The topological polar surface area (TPSA) is 74.6 Å². The Labute approximate surface area is 126 Å². The summed E-state index contributed by atoms with van der Waals surface area (Å²) in [5, 5.41) is 9.12. The highest BCUT2D eigenvalue weighted by molar-refractivity contribution is 7.89. The Hall–Kier alpha value is -0.890. The van der Waals surface area contributed by atoms with E-state index >= 15 is 0 Å². The fourth-order valence-corrected chi connectivity index (χ4v) is 3.96. The molecule has 2 N–H and O–H groups in total. The molecule has 1 aliphatic carbocycles. The normalized spacial score (nSPS) is 17.0. The molecular formula is C14H25N3O3S. The zero-order chi connectivity index (χ0) is 15.5. The molecule has 1 aliphatic rings. The SMILES string of the molecule is CN(CCNS(=O)(=O)c1cc(CO)n(C)c1)C1CCCC1. The van der Waals surface area contributed by atoms with Crippen molar-refractivity contribution >= 4 is 10.0 Å². The van der Waals surface area contributed by atoms with Crippen molar-refractivity contribution in [2.75, 3.05) is 20.1 Å². The number of nitrogens with zero attached hydrogens (tertiary/aromatic N) is 2. The summed E-state index contributed by atoms with van der Waals surface area (Å²) in [6.45, 7) is 0.943. The lowest BCUT2D eigenvalue weighted by molar-refractivity contribution is 0.250. The van der Waals surface area contributed by atoms with E-state index in [1.54, 1.807) is 11.6 Å². The van der Waals surface area contributed by atoms with Gasteiger partial charge in [-0.05, 0) is 26.0 Å². The third-order valence-electron chi connectivity index (χ3n) is 4.26. The number of sulfonamides is 1. The Morgan fingerprint density at radius 3 is 2.67 bits per heavy atom. The maximum absolute atomic E-state index is 12.2. The number of hydrogen-bond acceptors (Lipinski definition) is 4. The molecular weight excluding hydrogens is 290 g/mol. The minimum Gasteiger partial charge on any atom is -0.390 e. The molecule has 7 heteroatoms. The number of aliphatic hydroxyl groups excluding tert-OH is 1. The number of aliphatic hydroxyl groups is 1. The van der Waals surface area contributed by atoms with Crippen molar-refractivity contribution < 1.29 is 13.5 Å². The number of likely N-dealkylation sites (N-methyl/N-ethyl adjacent to an activating group) is 1. The zero-order valence-electron chi connectivity index (χ0n) is 12.7. The number of nitrogens with one attached hydrogen (secondary N) is 1. The standard InChI is InChI=1S/C14H25N3O3S/c1-16(12-5-3-4-6-12)8-7-15-21(19,20)14-9-13(11-18)17(2)10-14/h9-10,12,15,18H,3-8,11H2,1-2H3. The van der Waals surface area contributed by atoms with Gasteiger partial charge in [-0.3, -0.25) is 0 Å². The molecule has 0 bridgehead atoms. The molecule has 1 saturated carbocycles. The maximum atomic E-state index is 12.2. The third kappa shape index (κ3) is 4.06. The highest BCUT2D eigenvalue weighted by atomic mass is 32.2. The van der Waals surface area contributed by atoms with Crippen molar-refractivity contribution in [1.82, 2.24) is 14.2 Å². The van der Waals surface area contributed by atoms with E-state index in [2.05, 4.69) is 16.7 Å². The molecule has 0 atom stereocenters. The van der Waals surface area contributed by atoms with Gasteiger partial charge in [0, 0.05) is 38.1 Å². The van der Waals surface area contributed by atoms with Crippen LogP contribution in [0.2, 0.25) is 0 Å². The summed E-state index contributed by atoms with van der Waals surface area (Å²) in [7, 11) is 0.273. The number of aryl methyl sites for hydroxylation is 1. The molecule has 0 spiro atoms. The minimum absolute atomic E-state index is 0.170.